The second-order valence-electron chi connectivity index (χ2n) is 9.47. The molecular weight excluding hydrogens is 480 g/mol. The number of carbonyl (C=O) groups is 1. The summed E-state index contributed by atoms with van der Waals surface area (Å²) in [6.45, 7) is 6.24. The monoisotopic (exact) mass is 512 g/mol. The quantitative estimate of drug-likeness (QED) is 0.355. The topological polar surface area (TPSA) is 68.4 Å². The van der Waals surface area contributed by atoms with Crippen molar-refractivity contribution < 1.29 is 4.79 Å². The maximum Gasteiger partial charge on any atom is 0.261 e. The Balaban J connectivity index is 1.21. The predicted molar refractivity (Wildman–Crippen MR) is 149 cm³/mol. The number of rotatable bonds is 8. The molecule has 3 heterocycles. The van der Waals surface area contributed by atoms with Crippen LogP contribution in [0.25, 0.3) is 0 Å². The summed E-state index contributed by atoms with van der Waals surface area (Å²) in [7, 11) is 0. The van der Waals surface area contributed by atoms with Crippen LogP contribution in [0.15, 0.2) is 95.1 Å². The van der Waals surface area contributed by atoms with Gasteiger partial charge in [0, 0.05) is 43.3 Å². The second kappa shape index (κ2) is 11.7. The highest BCUT2D eigenvalue weighted by Gasteiger charge is 2.26. The Morgan fingerprint density at radius 3 is 2.11 bits per heavy atom. The molecular formula is C30H32N4O2S. The van der Waals surface area contributed by atoms with Crippen LogP contribution in [0.5, 0.6) is 0 Å². The molecule has 1 amide bonds. The number of nitrogens with zero attached hydrogens (tertiary/aromatic N) is 2. The predicted octanol–water partition coefficient (Wildman–Crippen LogP) is 4.83. The van der Waals surface area contributed by atoms with Crippen LogP contribution in [0.4, 0.5) is 0 Å². The van der Waals surface area contributed by atoms with E-state index in [0.717, 1.165) is 36.8 Å². The van der Waals surface area contributed by atoms with Gasteiger partial charge < -0.3 is 10.3 Å². The summed E-state index contributed by atoms with van der Waals surface area (Å²) in [6, 6.07) is 28.8. The van der Waals surface area contributed by atoms with E-state index in [4.69, 9.17) is 0 Å². The van der Waals surface area contributed by atoms with Crippen LogP contribution in [0.1, 0.15) is 51.1 Å². The van der Waals surface area contributed by atoms with Gasteiger partial charge in [-0.2, -0.15) is 0 Å². The SMILES string of the molecule is C[C@H](NC(=O)c1ccc(CN2CCN(C(c3ccccc3)c3ccccc3)CC2)[nH]c1=O)c1cccs1. The minimum Gasteiger partial charge on any atom is -0.345 e. The summed E-state index contributed by atoms with van der Waals surface area (Å²) >= 11 is 1.58. The van der Waals surface area contributed by atoms with Crippen molar-refractivity contribution in [1.82, 2.24) is 20.1 Å². The van der Waals surface area contributed by atoms with Crippen LogP contribution in [-0.4, -0.2) is 46.9 Å². The molecule has 0 saturated carbocycles. The number of H-pyrrole nitrogens is 1. The molecule has 2 N–H and O–H groups in total. The van der Waals surface area contributed by atoms with Gasteiger partial charge in [-0.1, -0.05) is 66.7 Å². The van der Waals surface area contributed by atoms with Gasteiger partial charge in [-0.05, 0) is 41.6 Å². The molecule has 5 rings (SSSR count). The van der Waals surface area contributed by atoms with Crippen LogP contribution in [0, 0.1) is 0 Å². The van der Waals surface area contributed by atoms with E-state index in [1.165, 1.54) is 11.1 Å². The Kier molecular flexibility index (Phi) is 7.94. The zero-order valence-corrected chi connectivity index (χ0v) is 21.8. The average molecular weight is 513 g/mol. The lowest BCUT2D eigenvalue weighted by Crippen LogP contribution is -2.47. The molecule has 37 heavy (non-hydrogen) atoms. The number of aromatic nitrogens is 1. The van der Waals surface area contributed by atoms with Crippen LogP contribution < -0.4 is 10.9 Å². The summed E-state index contributed by atoms with van der Waals surface area (Å²) in [4.78, 5) is 34.2. The number of amides is 1. The molecule has 0 aliphatic carbocycles. The number of pyridine rings is 1. The molecule has 1 fully saturated rings. The molecule has 0 bridgehead atoms. The summed E-state index contributed by atoms with van der Waals surface area (Å²) in [5, 5.41) is 4.89. The fourth-order valence-electron chi connectivity index (χ4n) is 4.97. The molecule has 2 aromatic carbocycles. The van der Waals surface area contributed by atoms with Crippen molar-refractivity contribution in [1.29, 1.82) is 0 Å². The second-order valence-corrected chi connectivity index (χ2v) is 10.5. The Labute approximate surface area is 221 Å². The Hall–Kier alpha value is -3.52. The van der Waals surface area contributed by atoms with Crippen LogP contribution in [0.3, 0.4) is 0 Å². The summed E-state index contributed by atoms with van der Waals surface area (Å²) < 4.78 is 0. The zero-order valence-electron chi connectivity index (χ0n) is 21.0. The number of nitrogens with one attached hydrogen (secondary N) is 2. The minimum atomic E-state index is -0.352. The summed E-state index contributed by atoms with van der Waals surface area (Å²) in [5.74, 6) is -0.352. The van der Waals surface area contributed by atoms with E-state index < -0.39 is 0 Å². The number of hydrogen-bond acceptors (Lipinski definition) is 5. The molecule has 1 aliphatic rings. The third kappa shape index (κ3) is 6.07. The third-order valence-electron chi connectivity index (χ3n) is 6.93. The van der Waals surface area contributed by atoms with E-state index in [0.29, 0.717) is 6.54 Å². The van der Waals surface area contributed by atoms with Gasteiger partial charge in [0.05, 0.1) is 12.1 Å². The molecule has 1 saturated heterocycles. The van der Waals surface area contributed by atoms with Crippen molar-refractivity contribution in [2.75, 3.05) is 26.2 Å². The van der Waals surface area contributed by atoms with Crippen molar-refractivity contribution in [2.45, 2.75) is 25.6 Å². The van der Waals surface area contributed by atoms with Gasteiger partial charge in [0.1, 0.15) is 5.56 Å². The molecule has 0 unspecified atom stereocenters. The molecule has 4 aromatic rings. The fourth-order valence-corrected chi connectivity index (χ4v) is 5.71. The molecule has 190 valence electrons. The highest BCUT2D eigenvalue weighted by atomic mass is 32.1. The lowest BCUT2D eigenvalue weighted by Gasteiger charge is -2.39. The third-order valence-corrected chi connectivity index (χ3v) is 7.98. The molecule has 0 spiro atoms. The van der Waals surface area contributed by atoms with Crippen molar-refractivity contribution in [3.05, 3.63) is 128 Å². The van der Waals surface area contributed by atoms with Gasteiger partial charge >= 0.3 is 0 Å². The van der Waals surface area contributed by atoms with Crippen LogP contribution in [-0.2, 0) is 6.54 Å². The number of aromatic amines is 1. The van der Waals surface area contributed by atoms with E-state index in [1.807, 2.05) is 30.5 Å². The van der Waals surface area contributed by atoms with Crippen molar-refractivity contribution in [3.63, 3.8) is 0 Å². The van der Waals surface area contributed by atoms with Crippen molar-refractivity contribution in [3.8, 4) is 0 Å². The lowest BCUT2D eigenvalue weighted by molar-refractivity contribution is 0.0938. The minimum absolute atomic E-state index is 0.140. The van der Waals surface area contributed by atoms with Crippen molar-refractivity contribution >= 4 is 17.2 Å². The maximum absolute atomic E-state index is 12.7. The number of carbonyl (C=O) groups excluding carboxylic acids is 1. The summed E-state index contributed by atoms with van der Waals surface area (Å²) in [5.41, 5.74) is 3.22. The largest absolute Gasteiger partial charge is 0.345 e. The average Bonchev–Trinajstić information content (AvgIpc) is 3.47. The molecule has 6 nitrogen and oxygen atoms in total. The zero-order chi connectivity index (χ0) is 25.6. The first-order valence-electron chi connectivity index (χ1n) is 12.7. The first kappa shape index (κ1) is 25.1. The maximum atomic E-state index is 12.7. The van der Waals surface area contributed by atoms with Gasteiger partial charge in [0.15, 0.2) is 0 Å². The van der Waals surface area contributed by atoms with Gasteiger partial charge in [-0.25, -0.2) is 0 Å². The number of piperazine rings is 1. The molecule has 1 atom stereocenters. The van der Waals surface area contributed by atoms with E-state index in [9.17, 15) is 9.59 Å². The number of hydrogen-bond donors (Lipinski definition) is 2. The number of benzene rings is 2. The number of thiophene rings is 1. The Morgan fingerprint density at radius 1 is 0.892 bits per heavy atom. The molecule has 0 radical (unpaired) electrons. The van der Waals surface area contributed by atoms with Gasteiger partial charge in [0.25, 0.3) is 11.5 Å². The highest BCUT2D eigenvalue weighted by molar-refractivity contribution is 7.10. The normalized spacial score (nSPS) is 15.5. The molecule has 1 aliphatic heterocycles. The molecule has 2 aromatic heterocycles. The van der Waals surface area contributed by atoms with Crippen molar-refractivity contribution in [2.24, 2.45) is 0 Å². The van der Waals surface area contributed by atoms with Gasteiger partial charge in [0.2, 0.25) is 0 Å². The fraction of sp³-hybridized carbons (Fsp3) is 0.267. The van der Waals surface area contributed by atoms with E-state index in [2.05, 4.69) is 80.8 Å². The highest BCUT2D eigenvalue weighted by Crippen LogP contribution is 2.29. The van der Waals surface area contributed by atoms with E-state index >= 15 is 0 Å². The first-order valence-corrected chi connectivity index (χ1v) is 13.6. The van der Waals surface area contributed by atoms with Gasteiger partial charge in [-0.15, -0.1) is 11.3 Å². The molecule has 7 heteroatoms. The van der Waals surface area contributed by atoms with Crippen LogP contribution in [0.2, 0.25) is 0 Å². The Morgan fingerprint density at radius 2 is 1.54 bits per heavy atom. The standard InChI is InChI=1S/C30H32N4O2S/c1-22(27-13-8-20-37-27)31-29(35)26-15-14-25(32-30(26)36)21-33-16-18-34(19-17-33)28(23-9-4-2-5-10-23)24-11-6-3-7-12-24/h2-15,20,22,28H,16-19,21H2,1H3,(H,31,35)(H,32,36)/t22-/m0/s1. The first-order chi connectivity index (χ1) is 18.1. The summed E-state index contributed by atoms with van der Waals surface area (Å²) in [6.07, 6.45) is 0. The van der Waals surface area contributed by atoms with E-state index in [-0.39, 0.29) is 29.1 Å². The van der Waals surface area contributed by atoms with Gasteiger partial charge in [-0.3, -0.25) is 19.4 Å². The Bertz CT molecular complexity index is 1310. The van der Waals surface area contributed by atoms with E-state index in [1.54, 1.807) is 17.4 Å². The lowest BCUT2D eigenvalue weighted by atomic mass is 9.96. The van der Waals surface area contributed by atoms with Crippen LogP contribution >= 0.6 is 11.3 Å². The smallest absolute Gasteiger partial charge is 0.261 e.